The molecule has 0 saturated carbocycles. The molecule has 0 heterocycles. The number of nitrogens with zero attached hydrogens (tertiary/aromatic N) is 1. The SMILES string of the molecule is CC/C=C\C/C=C\C/C=C\C/C=C\C/C=C\C/C=C\CCC(=O)OC(COC(=O)CCC/C=C\C/C=C\C/C=C\C/C=C\C/C=C\CC)COC(OCC[N+](C)(C)C)C(=O)[O-]. The standard InChI is InChI=1S/C52H79NO8/c1-6-8-10-12-14-16-18-20-22-24-25-27-29-31-33-35-37-39-41-43-50(55)61-48(47-60-52(51(56)57)58-45-44-53(3,4)5)46-59-49(54)42-40-38-36-34-32-30-28-26-23-21-19-17-15-13-11-9-7-2/h8-11,14-17,20-23,25,27-28,30-31,33-34,36-37,39,48,52H,6-7,12-13,18-19,24,26,29,32,35,38,40-47H2,1-5H3/b10-8-,11-9-,16-14-,17-15-,22-20-,23-21-,27-25-,30-28-,33-31-,36-34-,39-37-. The van der Waals surface area contributed by atoms with Crippen molar-refractivity contribution in [1.29, 1.82) is 0 Å². The molecule has 2 unspecified atom stereocenters. The summed E-state index contributed by atoms with van der Waals surface area (Å²) in [6, 6.07) is 0. The van der Waals surface area contributed by atoms with Crippen LogP contribution < -0.4 is 5.11 Å². The summed E-state index contributed by atoms with van der Waals surface area (Å²) in [5.74, 6) is -2.50. The number of carbonyl (C=O) groups is 3. The van der Waals surface area contributed by atoms with Crippen molar-refractivity contribution in [3.63, 3.8) is 0 Å². The number of ether oxygens (including phenoxy) is 4. The van der Waals surface area contributed by atoms with Gasteiger partial charge in [0.25, 0.3) is 0 Å². The molecule has 0 amide bonds. The minimum absolute atomic E-state index is 0.101. The first-order chi connectivity index (χ1) is 29.6. The molecule has 0 aliphatic rings. The van der Waals surface area contributed by atoms with Crippen LogP contribution in [0.2, 0.25) is 0 Å². The molecular weight excluding hydrogens is 767 g/mol. The van der Waals surface area contributed by atoms with Crippen molar-refractivity contribution in [2.45, 2.75) is 129 Å². The minimum atomic E-state index is -1.66. The van der Waals surface area contributed by atoms with Crippen LogP contribution in [0.25, 0.3) is 0 Å². The van der Waals surface area contributed by atoms with Gasteiger partial charge in [-0.25, -0.2) is 0 Å². The lowest BCUT2D eigenvalue weighted by molar-refractivity contribution is -0.870. The van der Waals surface area contributed by atoms with Gasteiger partial charge in [0.15, 0.2) is 12.4 Å². The maximum atomic E-state index is 12.7. The van der Waals surface area contributed by atoms with Crippen LogP contribution in [0.5, 0.6) is 0 Å². The van der Waals surface area contributed by atoms with E-state index in [0.29, 0.717) is 23.9 Å². The van der Waals surface area contributed by atoms with Crippen LogP contribution in [0, 0.1) is 0 Å². The van der Waals surface area contributed by atoms with Crippen LogP contribution in [0.3, 0.4) is 0 Å². The van der Waals surface area contributed by atoms with Gasteiger partial charge in [-0.3, -0.25) is 9.59 Å². The van der Waals surface area contributed by atoms with Crippen molar-refractivity contribution >= 4 is 17.9 Å². The molecule has 2 atom stereocenters. The molecule has 0 saturated heterocycles. The summed E-state index contributed by atoms with van der Waals surface area (Å²) in [5, 5.41) is 11.7. The van der Waals surface area contributed by atoms with E-state index in [1.165, 1.54) is 0 Å². The van der Waals surface area contributed by atoms with Crippen LogP contribution in [0.1, 0.15) is 117 Å². The zero-order valence-corrected chi connectivity index (χ0v) is 38.2. The second kappa shape index (κ2) is 42.1. The van der Waals surface area contributed by atoms with E-state index in [1.54, 1.807) is 0 Å². The first kappa shape index (κ1) is 56.4. The van der Waals surface area contributed by atoms with E-state index >= 15 is 0 Å². The predicted molar refractivity (Wildman–Crippen MR) is 250 cm³/mol. The van der Waals surface area contributed by atoms with Gasteiger partial charge in [0.2, 0.25) is 0 Å². The Labute approximate surface area is 369 Å². The molecule has 0 rings (SSSR count). The number of quaternary nitrogens is 1. The normalized spacial score (nSPS) is 14.2. The van der Waals surface area contributed by atoms with Gasteiger partial charge in [0.1, 0.15) is 13.2 Å². The van der Waals surface area contributed by atoms with Gasteiger partial charge in [-0.1, -0.05) is 148 Å². The number of carboxylic acid groups (broad SMARTS) is 1. The second-order valence-electron chi connectivity index (χ2n) is 15.2. The summed E-state index contributed by atoms with van der Waals surface area (Å²) in [5.41, 5.74) is 0. The van der Waals surface area contributed by atoms with Gasteiger partial charge < -0.3 is 33.3 Å². The molecule has 0 aliphatic carbocycles. The smallest absolute Gasteiger partial charge is 0.306 e. The van der Waals surface area contributed by atoms with Crippen LogP contribution in [0.4, 0.5) is 0 Å². The Morgan fingerprint density at radius 1 is 0.492 bits per heavy atom. The van der Waals surface area contributed by atoms with E-state index in [4.69, 9.17) is 18.9 Å². The van der Waals surface area contributed by atoms with Crippen LogP contribution in [-0.2, 0) is 33.3 Å². The lowest BCUT2D eigenvalue weighted by Crippen LogP contribution is -2.44. The maximum Gasteiger partial charge on any atom is 0.306 e. The van der Waals surface area contributed by atoms with Crippen LogP contribution in [-0.4, -0.2) is 82.3 Å². The van der Waals surface area contributed by atoms with Gasteiger partial charge >= 0.3 is 11.9 Å². The number of rotatable bonds is 38. The van der Waals surface area contributed by atoms with E-state index < -0.39 is 30.3 Å². The molecule has 0 radical (unpaired) electrons. The van der Waals surface area contributed by atoms with E-state index in [1.807, 2.05) is 39.4 Å². The summed E-state index contributed by atoms with van der Waals surface area (Å²) in [6.07, 6.45) is 56.5. The molecule has 0 aliphatic heterocycles. The van der Waals surface area contributed by atoms with E-state index in [9.17, 15) is 19.5 Å². The highest BCUT2D eigenvalue weighted by molar-refractivity contribution is 5.70. The van der Waals surface area contributed by atoms with Gasteiger partial charge in [-0.15, -0.1) is 0 Å². The molecule has 0 fully saturated rings. The molecule has 9 nitrogen and oxygen atoms in total. The van der Waals surface area contributed by atoms with E-state index in [-0.39, 0.29) is 32.7 Å². The van der Waals surface area contributed by atoms with Gasteiger partial charge in [-0.05, 0) is 89.9 Å². The Bertz CT molecular complexity index is 1450. The minimum Gasteiger partial charge on any atom is -0.545 e. The Morgan fingerprint density at radius 3 is 1.28 bits per heavy atom. The Balaban J connectivity index is 4.70. The number of esters is 2. The van der Waals surface area contributed by atoms with Gasteiger partial charge in [0.05, 0.1) is 40.3 Å². The molecule has 0 N–H and O–H groups in total. The lowest BCUT2D eigenvalue weighted by atomic mass is 10.2. The number of likely N-dealkylation sites (N-methyl/N-ethyl adjacent to an activating group) is 1. The number of allylic oxidation sites excluding steroid dienone is 22. The van der Waals surface area contributed by atoms with Crippen molar-refractivity contribution in [2.75, 3.05) is 47.5 Å². The van der Waals surface area contributed by atoms with Gasteiger partial charge in [0, 0.05) is 12.8 Å². The summed E-state index contributed by atoms with van der Waals surface area (Å²) in [6.45, 7) is 4.31. The third kappa shape index (κ3) is 43.3. The Kier molecular flexibility index (Phi) is 39.0. The van der Waals surface area contributed by atoms with Crippen molar-refractivity contribution in [3.05, 3.63) is 134 Å². The zero-order chi connectivity index (χ0) is 44.9. The number of unbranched alkanes of at least 4 members (excludes halogenated alkanes) is 1. The monoisotopic (exact) mass is 846 g/mol. The predicted octanol–water partition coefficient (Wildman–Crippen LogP) is 10.7. The van der Waals surface area contributed by atoms with E-state index in [2.05, 4.69) is 129 Å². The lowest BCUT2D eigenvalue weighted by Gasteiger charge is -2.26. The Hall–Kier alpha value is -4.57. The molecule has 0 aromatic carbocycles. The molecule has 0 spiro atoms. The number of carboxylic acids is 1. The summed E-state index contributed by atoms with van der Waals surface area (Å²) in [4.78, 5) is 36.9. The highest BCUT2D eigenvalue weighted by Gasteiger charge is 2.21. The first-order valence-electron chi connectivity index (χ1n) is 22.3. The van der Waals surface area contributed by atoms with Gasteiger partial charge in [-0.2, -0.15) is 0 Å². The third-order valence-electron chi connectivity index (χ3n) is 8.41. The second-order valence-corrected chi connectivity index (χ2v) is 15.2. The van der Waals surface area contributed by atoms with Crippen molar-refractivity contribution < 1.29 is 42.9 Å². The number of hydrogen-bond acceptors (Lipinski definition) is 8. The zero-order valence-electron chi connectivity index (χ0n) is 38.2. The fourth-order valence-corrected chi connectivity index (χ4v) is 5.01. The summed E-state index contributed by atoms with van der Waals surface area (Å²) in [7, 11) is 5.85. The number of aliphatic carboxylic acids is 1. The molecular formula is C52H79NO8. The molecule has 340 valence electrons. The molecule has 0 aromatic rings. The molecule has 0 bridgehead atoms. The van der Waals surface area contributed by atoms with Crippen molar-refractivity contribution in [1.82, 2.24) is 0 Å². The van der Waals surface area contributed by atoms with Crippen molar-refractivity contribution in [3.8, 4) is 0 Å². The maximum absolute atomic E-state index is 12.7. The largest absolute Gasteiger partial charge is 0.545 e. The van der Waals surface area contributed by atoms with Crippen molar-refractivity contribution in [2.24, 2.45) is 0 Å². The third-order valence-corrected chi connectivity index (χ3v) is 8.41. The first-order valence-corrected chi connectivity index (χ1v) is 22.3. The quantitative estimate of drug-likeness (QED) is 0.0199. The highest BCUT2D eigenvalue weighted by Crippen LogP contribution is 2.08. The Morgan fingerprint density at radius 2 is 0.885 bits per heavy atom. The molecule has 9 heteroatoms. The molecule has 0 aromatic heterocycles. The average molecular weight is 846 g/mol. The highest BCUT2D eigenvalue weighted by atomic mass is 16.7. The fourth-order valence-electron chi connectivity index (χ4n) is 5.01. The molecule has 61 heavy (non-hydrogen) atoms. The number of carbonyl (C=O) groups excluding carboxylic acids is 3. The summed E-state index contributed by atoms with van der Waals surface area (Å²) >= 11 is 0. The number of hydrogen-bond donors (Lipinski definition) is 0. The summed E-state index contributed by atoms with van der Waals surface area (Å²) < 4.78 is 22.4. The van der Waals surface area contributed by atoms with Crippen LogP contribution in [0.15, 0.2) is 134 Å². The van der Waals surface area contributed by atoms with Crippen LogP contribution >= 0.6 is 0 Å². The van der Waals surface area contributed by atoms with E-state index in [0.717, 1.165) is 77.0 Å². The topological polar surface area (TPSA) is 111 Å². The fraction of sp³-hybridized carbons (Fsp3) is 0.519. The average Bonchev–Trinajstić information content (AvgIpc) is 3.22.